The van der Waals surface area contributed by atoms with Gasteiger partial charge in [-0.05, 0) is 6.07 Å². The first-order valence-electron chi connectivity index (χ1n) is 4.26. The van der Waals surface area contributed by atoms with E-state index in [2.05, 4.69) is 0 Å². The summed E-state index contributed by atoms with van der Waals surface area (Å²) in [6, 6.07) is 1.36. The second kappa shape index (κ2) is 5.40. The normalized spacial score (nSPS) is 10.5. The number of hydrogen-bond acceptors (Lipinski definition) is 2. The summed E-state index contributed by atoms with van der Waals surface area (Å²) >= 11 is 5.51. The molecule has 0 heterocycles. The molecule has 0 fully saturated rings. The summed E-state index contributed by atoms with van der Waals surface area (Å²) in [5, 5.41) is 9.94. The molecule has 1 rings (SSSR count). The van der Waals surface area contributed by atoms with Crippen molar-refractivity contribution in [3.63, 3.8) is 0 Å². The van der Waals surface area contributed by atoms with Gasteiger partial charge in [-0.15, -0.1) is 0 Å². The lowest BCUT2D eigenvalue weighted by Crippen LogP contribution is -2.10. The monoisotopic (exact) mass is 261 g/mol. The van der Waals surface area contributed by atoms with Gasteiger partial charge in [0.25, 0.3) is 0 Å². The zero-order chi connectivity index (χ0) is 13.0. The van der Waals surface area contributed by atoms with Crippen LogP contribution >= 0.6 is 11.6 Å². The van der Waals surface area contributed by atoms with Gasteiger partial charge in [0, 0.05) is 18.2 Å². The summed E-state index contributed by atoms with van der Waals surface area (Å²) in [5.74, 6) is -4.15. The zero-order valence-electron chi connectivity index (χ0n) is 8.21. The van der Waals surface area contributed by atoms with E-state index in [0.29, 0.717) is 18.2 Å². The molecular formula is C10H6ClF2NO3. The Labute approximate surface area is 99.5 Å². The second-order valence-electron chi connectivity index (χ2n) is 2.91. The maximum atomic E-state index is 13.2. The van der Waals surface area contributed by atoms with Crippen LogP contribution in [-0.2, 0) is 9.59 Å². The molecule has 0 saturated heterocycles. The number of anilines is 1. The van der Waals surface area contributed by atoms with E-state index < -0.39 is 29.2 Å². The van der Waals surface area contributed by atoms with Crippen LogP contribution in [0.2, 0.25) is 5.02 Å². The number of carbonyl (C=O) groups is 2. The molecular weight excluding hydrogens is 256 g/mol. The van der Waals surface area contributed by atoms with E-state index in [-0.39, 0.29) is 5.02 Å². The molecule has 1 aromatic rings. The maximum absolute atomic E-state index is 13.2. The first kappa shape index (κ1) is 13.1. The lowest BCUT2D eigenvalue weighted by molar-refractivity contribution is -0.131. The number of benzene rings is 1. The number of rotatable bonds is 3. The quantitative estimate of drug-likeness (QED) is 0.820. The highest BCUT2D eigenvalue weighted by Gasteiger charge is 2.11. The molecule has 4 nitrogen and oxygen atoms in total. The van der Waals surface area contributed by atoms with Crippen LogP contribution in [0, 0.1) is 11.6 Å². The average molecular weight is 262 g/mol. The minimum Gasteiger partial charge on any atom is -0.478 e. The minimum absolute atomic E-state index is 0.320. The van der Waals surface area contributed by atoms with Crippen molar-refractivity contribution in [1.29, 1.82) is 0 Å². The van der Waals surface area contributed by atoms with Gasteiger partial charge < -0.3 is 10.4 Å². The van der Waals surface area contributed by atoms with Crippen LogP contribution in [0.1, 0.15) is 0 Å². The summed E-state index contributed by atoms with van der Waals surface area (Å²) in [6.45, 7) is 0. The molecule has 0 unspecified atom stereocenters. The molecule has 0 saturated carbocycles. The standard InChI is InChI=1S/C10H6ClF2NO3/c11-6-3-5(12)4-7(13)10(6)14-8(15)1-2-9(16)17/h1-4H,(H,14,15)(H,16,17)/b2-1+. The predicted molar refractivity (Wildman–Crippen MR) is 56.8 cm³/mol. The van der Waals surface area contributed by atoms with Crippen molar-refractivity contribution in [2.75, 3.05) is 5.32 Å². The largest absolute Gasteiger partial charge is 0.478 e. The Morgan fingerprint density at radius 3 is 2.47 bits per heavy atom. The molecule has 0 atom stereocenters. The second-order valence-corrected chi connectivity index (χ2v) is 3.31. The molecule has 1 aromatic carbocycles. The highest BCUT2D eigenvalue weighted by atomic mass is 35.5. The number of carbonyl (C=O) groups excluding carboxylic acids is 1. The van der Waals surface area contributed by atoms with E-state index in [4.69, 9.17) is 16.7 Å². The topological polar surface area (TPSA) is 66.4 Å². The fraction of sp³-hybridized carbons (Fsp3) is 0. The van der Waals surface area contributed by atoms with Gasteiger partial charge in [-0.2, -0.15) is 0 Å². The van der Waals surface area contributed by atoms with E-state index in [1.165, 1.54) is 0 Å². The fourth-order valence-corrected chi connectivity index (χ4v) is 1.22. The molecule has 0 aliphatic heterocycles. The molecule has 0 aliphatic rings. The maximum Gasteiger partial charge on any atom is 0.328 e. The molecule has 0 bridgehead atoms. The van der Waals surface area contributed by atoms with E-state index in [1.807, 2.05) is 5.32 Å². The summed E-state index contributed by atoms with van der Waals surface area (Å²) in [6.07, 6.45) is 1.26. The average Bonchev–Trinajstić information content (AvgIpc) is 2.20. The molecule has 1 amide bonds. The van der Waals surface area contributed by atoms with Gasteiger partial charge in [0.15, 0.2) is 5.82 Å². The number of nitrogens with one attached hydrogen (secondary N) is 1. The molecule has 0 aliphatic carbocycles. The van der Waals surface area contributed by atoms with Crippen LogP contribution in [0.3, 0.4) is 0 Å². The van der Waals surface area contributed by atoms with Gasteiger partial charge >= 0.3 is 5.97 Å². The highest BCUT2D eigenvalue weighted by molar-refractivity contribution is 6.33. The van der Waals surface area contributed by atoms with Gasteiger partial charge in [-0.3, -0.25) is 4.79 Å². The van der Waals surface area contributed by atoms with Gasteiger partial charge in [-0.25, -0.2) is 13.6 Å². The third-order valence-electron chi connectivity index (χ3n) is 1.63. The van der Waals surface area contributed by atoms with E-state index in [0.717, 1.165) is 6.07 Å². The first-order valence-corrected chi connectivity index (χ1v) is 4.64. The van der Waals surface area contributed by atoms with Crippen LogP contribution in [0.5, 0.6) is 0 Å². The third kappa shape index (κ3) is 3.84. The van der Waals surface area contributed by atoms with Crippen molar-refractivity contribution < 1.29 is 23.5 Å². The number of amides is 1. The highest BCUT2D eigenvalue weighted by Crippen LogP contribution is 2.26. The molecule has 0 radical (unpaired) electrons. The van der Waals surface area contributed by atoms with Crippen molar-refractivity contribution in [3.8, 4) is 0 Å². The summed E-state index contributed by atoms with van der Waals surface area (Å²) in [7, 11) is 0. The molecule has 17 heavy (non-hydrogen) atoms. The van der Waals surface area contributed by atoms with Gasteiger partial charge in [0.2, 0.25) is 5.91 Å². The van der Waals surface area contributed by atoms with Crippen molar-refractivity contribution >= 4 is 29.2 Å². The van der Waals surface area contributed by atoms with Crippen molar-refractivity contribution in [1.82, 2.24) is 0 Å². The summed E-state index contributed by atoms with van der Waals surface area (Å²) in [5.41, 5.74) is -0.409. The van der Waals surface area contributed by atoms with Gasteiger partial charge in [-0.1, -0.05) is 11.6 Å². The van der Waals surface area contributed by atoms with Crippen LogP contribution in [-0.4, -0.2) is 17.0 Å². The number of carboxylic acids is 1. The van der Waals surface area contributed by atoms with Gasteiger partial charge in [0.05, 0.1) is 10.7 Å². The SMILES string of the molecule is O=C(O)/C=C/C(=O)Nc1c(F)cc(F)cc1Cl. The lowest BCUT2D eigenvalue weighted by Gasteiger charge is -2.06. The smallest absolute Gasteiger partial charge is 0.328 e. The molecule has 0 spiro atoms. The van der Waals surface area contributed by atoms with Crippen LogP contribution < -0.4 is 5.32 Å². The molecule has 2 N–H and O–H groups in total. The minimum atomic E-state index is -1.33. The van der Waals surface area contributed by atoms with Crippen molar-refractivity contribution in [2.45, 2.75) is 0 Å². The Kier molecular flexibility index (Phi) is 4.17. The summed E-state index contributed by atoms with van der Waals surface area (Å²) in [4.78, 5) is 21.2. The Morgan fingerprint density at radius 2 is 1.94 bits per heavy atom. The zero-order valence-corrected chi connectivity index (χ0v) is 8.96. The lowest BCUT2D eigenvalue weighted by atomic mass is 10.3. The van der Waals surface area contributed by atoms with Gasteiger partial charge in [0.1, 0.15) is 5.82 Å². The Bertz CT molecular complexity index is 479. The predicted octanol–water partition coefficient (Wildman–Crippen LogP) is 2.20. The van der Waals surface area contributed by atoms with Crippen molar-refractivity contribution in [3.05, 3.63) is 40.9 Å². The van der Waals surface area contributed by atoms with Crippen molar-refractivity contribution in [2.24, 2.45) is 0 Å². The Hall–Kier alpha value is -1.95. The van der Waals surface area contributed by atoms with E-state index >= 15 is 0 Å². The van der Waals surface area contributed by atoms with E-state index in [9.17, 15) is 18.4 Å². The molecule has 0 aromatic heterocycles. The van der Waals surface area contributed by atoms with Crippen LogP contribution in [0.4, 0.5) is 14.5 Å². The number of hydrogen-bond donors (Lipinski definition) is 2. The molecule has 7 heteroatoms. The molecule has 90 valence electrons. The number of aliphatic carboxylic acids is 1. The Balaban J connectivity index is 2.89. The number of carboxylic acid groups (broad SMARTS) is 1. The van der Waals surface area contributed by atoms with Crippen LogP contribution in [0.15, 0.2) is 24.3 Å². The summed E-state index contributed by atoms with van der Waals surface area (Å²) < 4.78 is 25.9. The first-order chi connectivity index (χ1) is 7.90. The Morgan fingerprint density at radius 1 is 1.29 bits per heavy atom. The van der Waals surface area contributed by atoms with Crippen LogP contribution in [0.25, 0.3) is 0 Å². The third-order valence-corrected chi connectivity index (χ3v) is 1.93. The van der Waals surface area contributed by atoms with E-state index in [1.54, 1.807) is 0 Å². The number of halogens is 3. The fourth-order valence-electron chi connectivity index (χ4n) is 0.973.